The summed E-state index contributed by atoms with van der Waals surface area (Å²) in [5.41, 5.74) is 1.77. The number of rotatable bonds is 1. The Morgan fingerprint density at radius 3 is 3.00 bits per heavy atom. The van der Waals surface area contributed by atoms with Crippen molar-refractivity contribution in [3.8, 4) is 0 Å². The number of halogens is 1. The van der Waals surface area contributed by atoms with Crippen molar-refractivity contribution in [2.45, 2.75) is 13.0 Å². The van der Waals surface area contributed by atoms with Gasteiger partial charge in [0.2, 0.25) is 0 Å². The zero-order chi connectivity index (χ0) is 11.3. The van der Waals surface area contributed by atoms with E-state index in [1.54, 1.807) is 6.07 Å². The van der Waals surface area contributed by atoms with Crippen LogP contribution in [0.25, 0.3) is 10.9 Å². The lowest BCUT2D eigenvalue weighted by atomic mass is 10.1. The smallest absolute Gasteiger partial charge is 0.308 e. The summed E-state index contributed by atoms with van der Waals surface area (Å²) in [5.74, 6) is -1.44. The molecule has 0 amide bonds. The molecular formula is C12H10FNO2. The van der Waals surface area contributed by atoms with Crippen molar-refractivity contribution in [2.24, 2.45) is 5.92 Å². The van der Waals surface area contributed by atoms with E-state index in [0.717, 1.165) is 16.6 Å². The van der Waals surface area contributed by atoms with Gasteiger partial charge in [-0.1, -0.05) is 0 Å². The molecule has 1 aromatic carbocycles. The fourth-order valence-corrected chi connectivity index (χ4v) is 2.37. The van der Waals surface area contributed by atoms with Crippen LogP contribution in [0.2, 0.25) is 0 Å². The van der Waals surface area contributed by atoms with Crippen LogP contribution in [-0.2, 0) is 17.8 Å². The molecule has 2 heterocycles. The Bertz CT molecular complexity index is 588. The van der Waals surface area contributed by atoms with Gasteiger partial charge in [0.1, 0.15) is 5.82 Å². The third-order valence-electron chi connectivity index (χ3n) is 3.16. The van der Waals surface area contributed by atoms with Gasteiger partial charge in [-0.2, -0.15) is 0 Å². The van der Waals surface area contributed by atoms with Gasteiger partial charge in [-0.05, 0) is 24.3 Å². The fraction of sp³-hybridized carbons (Fsp3) is 0.250. The molecule has 3 nitrogen and oxygen atoms in total. The van der Waals surface area contributed by atoms with Gasteiger partial charge in [-0.25, -0.2) is 4.39 Å². The minimum atomic E-state index is -0.784. The Balaban J connectivity index is 2.13. The minimum Gasteiger partial charge on any atom is -0.481 e. The predicted molar refractivity (Wildman–Crippen MR) is 56.7 cm³/mol. The third-order valence-corrected chi connectivity index (χ3v) is 3.16. The number of hydrogen-bond acceptors (Lipinski definition) is 1. The minimum absolute atomic E-state index is 0.285. The summed E-state index contributed by atoms with van der Waals surface area (Å²) in [6, 6.07) is 6.55. The SMILES string of the molecule is O=C(O)C1Cc2cc3ccc(F)cc3n2C1. The number of carboxylic acid groups (broad SMARTS) is 1. The van der Waals surface area contributed by atoms with Crippen LogP contribution in [-0.4, -0.2) is 15.6 Å². The molecule has 1 atom stereocenters. The Kier molecular flexibility index (Phi) is 1.80. The molecule has 1 unspecified atom stereocenters. The zero-order valence-corrected chi connectivity index (χ0v) is 8.48. The maximum absolute atomic E-state index is 13.1. The van der Waals surface area contributed by atoms with Crippen molar-refractivity contribution in [1.29, 1.82) is 0 Å². The first-order valence-electron chi connectivity index (χ1n) is 5.15. The molecule has 2 aromatic rings. The van der Waals surface area contributed by atoms with Crippen LogP contribution in [0.15, 0.2) is 24.3 Å². The molecule has 0 saturated heterocycles. The molecule has 4 heteroatoms. The summed E-state index contributed by atoms with van der Waals surface area (Å²) in [6.45, 7) is 0.442. The van der Waals surface area contributed by atoms with E-state index >= 15 is 0 Å². The lowest BCUT2D eigenvalue weighted by Gasteiger charge is -2.03. The van der Waals surface area contributed by atoms with Gasteiger partial charge >= 0.3 is 5.97 Å². The van der Waals surface area contributed by atoms with Gasteiger partial charge in [-0.3, -0.25) is 4.79 Å². The van der Waals surface area contributed by atoms with Crippen molar-refractivity contribution in [2.75, 3.05) is 0 Å². The topological polar surface area (TPSA) is 42.2 Å². The van der Waals surface area contributed by atoms with Crippen LogP contribution >= 0.6 is 0 Å². The molecule has 0 spiro atoms. The lowest BCUT2D eigenvalue weighted by Crippen LogP contribution is -2.14. The van der Waals surface area contributed by atoms with Gasteiger partial charge in [0.05, 0.1) is 11.4 Å². The second-order valence-corrected chi connectivity index (χ2v) is 4.19. The highest BCUT2D eigenvalue weighted by Crippen LogP contribution is 2.29. The summed E-state index contributed by atoms with van der Waals surface area (Å²) in [5, 5.41) is 9.92. The Hall–Kier alpha value is -1.84. The second-order valence-electron chi connectivity index (χ2n) is 4.19. The molecule has 0 saturated carbocycles. The molecule has 3 rings (SSSR count). The number of carboxylic acids is 1. The number of nitrogens with zero attached hydrogens (tertiary/aromatic N) is 1. The first kappa shape index (κ1) is 9.39. The Morgan fingerprint density at radius 1 is 1.44 bits per heavy atom. The molecule has 1 aliphatic heterocycles. The molecule has 1 aromatic heterocycles. The maximum atomic E-state index is 13.1. The molecule has 1 N–H and O–H groups in total. The lowest BCUT2D eigenvalue weighted by molar-refractivity contribution is -0.141. The van der Waals surface area contributed by atoms with E-state index in [4.69, 9.17) is 5.11 Å². The molecular weight excluding hydrogens is 209 g/mol. The summed E-state index contributed by atoms with van der Waals surface area (Å²) in [6.07, 6.45) is 0.533. The number of carbonyl (C=O) groups is 1. The van der Waals surface area contributed by atoms with E-state index in [1.165, 1.54) is 12.1 Å². The quantitative estimate of drug-likeness (QED) is 0.797. The number of benzene rings is 1. The van der Waals surface area contributed by atoms with E-state index in [9.17, 15) is 9.18 Å². The van der Waals surface area contributed by atoms with Crippen molar-refractivity contribution in [3.63, 3.8) is 0 Å². The summed E-state index contributed by atoms with van der Waals surface area (Å²) in [4.78, 5) is 10.9. The fourth-order valence-electron chi connectivity index (χ4n) is 2.37. The molecule has 0 fully saturated rings. The second kappa shape index (κ2) is 3.07. The van der Waals surface area contributed by atoms with Gasteiger partial charge < -0.3 is 9.67 Å². The first-order chi connectivity index (χ1) is 7.65. The Labute approximate surface area is 91.1 Å². The van der Waals surface area contributed by atoms with Crippen LogP contribution in [0.4, 0.5) is 4.39 Å². The normalized spacial score (nSPS) is 18.9. The largest absolute Gasteiger partial charge is 0.481 e. The van der Waals surface area contributed by atoms with Crippen molar-refractivity contribution in [1.82, 2.24) is 4.57 Å². The highest BCUT2D eigenvalue weighted by Gasteiger charge is 2.28. The molecule has 1 aliphatic rings. The van der Waals surface area contributed by atoms with Gasteiger partial charge in [0.15, 0.2) is 0 Å². The number of aliphatic carboxylic acids is 1. The molecule has 16 heavy (non-hydrogen) atoms. The van der Waals surface area contributed by atoms with E-state index in [1.807, 2.05) is 10.6 Å². The van der Waals surface area contributed by atoms with Gasteiger partial charge in [-0.15, -0.1) is 0 Å². The van der Waals surface area contributed by atoms with Crippen LogP contribution in [0.3, 0.4) is 0 Å². The standard InChI is InChI=1S/C12H10FNO2/c13-9-2-1-7-3-10-4-8(12(15)16)6-14(10)11(7)5-9/h1-3,5,8H,4,6H2,(H,15,16). The van der Waals surface area contributed by atoms with Crippen LogP contribution in [0.5, 0.6) is 0 Å². The number of aromatic nitrogens is 1. The van der Waals surface area contributed by atoms with Crippen LogP contribution in [0.1, 0.15) is 5.69 Å². The van der Waals surface area contributed by atoms with Crippen molar-refractivity contribution >= 4 is 16.9 Å². The van der Waals surface area contributed by atoms with Crippen LogP contribution in [0, 0.1) is 11.7 Å². The van der Waals surface area contributed by atoms with Gasteiger partial charge in [0, 0.05) is 24.0 Å². The summed E-state index contributed by atoms with van der Waals surface area (Å²) >= 11 is 0. The van der Waals surface area contributed by atoms with E-state index in [2.05, 4.69) is 0 Å². The summed E-state index contributed by atoms with van der Waals surface area (Å²) < 4.78 is 15.0. The number of fused-ring (bicyclic) bond motifs is 3. The first-order valence-corrected chi connectivity index (χ1v) is 5.15. The molecule has 0 aliphatic carbocycles. The van der Waals surface area contributed by atoms with Crippen LogP contribution < -0.4 is 0 Å². The maximum Gasteiger partial charge on any atom is 0.308 e. The molecule has 0 bridgehead atoms. The van der Waals surface area contributed by atoms with Crippen molar-refractivity contribution < 1.29 is 14.3 Å². The molecule has 82 valence electrons. The average Bonchev–Trinajstić information content (AvgIpc) is 2.75. The predicted octanol–water partition coefficient (Wildman–Crippen LogP) is 2.04. The Morgan fingerprint density at radius 2 is 2.25 bits per heavy atom. The number of hydrogen-bond donors (Lipinski definition) is 1. The third kappa shape index (κ3) is 1.23. The van der Waals surface area contributed by atoms with E-state index < -0.39 is 5.97 Å². The highest BCUT2D eigenvalue weighted by molar-refractivity contribution is 5.83. The zero-order valence-electron chi connectivity index (χ0n) is 8.48. The monoisotopic (exact) mass is 219 g/mol. The summed E-state index contributed by atoms with van der Waals surface area (Å²) in [7, 11) is 0. The molecule has 0 radical (unpaired) electrons. The van der Waals surface area contributed by atoms with E-state index in [0.29, 0.717) is 13.0 Å². The van der Waals surface area contributed by atoms with E-state index in [-0.39, 0.29) is 11.7 Å². The van der Waals surface area contributed by atoms with Gasteiger partial charge in [0.25, 0.3) is 0 Å². The highest BCUT2D eigenvalue weighted by atomic mass is 19.1. The van der Waals surface area contributed by atoms with Crippen molar-refractivity contribution in [3.05, 3.63) is 35.8 Å². The average molecular weight is 219 g/mol.